The molecule has 0 aliphatic rings. The summed E-state index contributed by atoms with van der Waals surface area (Å²) in [6.45, 7) is 1.93. The Labute approximate surface area is 74.0 Å². The highest BCUT2D eigenvalue weighted by atomic mass is 32.1. The zero-order valence-corrected chi connectivity index (χ0v) is 7.43. The fraction of sp³-hybridized carbons (Fsp3) is 0.429. The molecule has 0 amide bonds. The van der Waals surface area contributed by atoms with E-state index in [1.165, 1.54) is 11.5 Å². The number of aliphatic carboxylic acids is 1. The van der Waals surface area contributed by atoms with E-state index in [1.807, 2.05) is 12.3 Å². The van der Waals surface area contributed by atoms with E-state index in [4.69, 9.17) is 9.84 Å². The molecule has 1 heterocycles. The van der Waals surface area contributed by atoms with Gasteiger partial charge >= 0.3 is 5.97 Å². The molecule has 0 radical (unpaired) electrons. The Hall–Kier alpha value is -0.940. The van der Waals surface area contributed by atoms with Crippen LogP contribution in [0.25, 0.3) is 0 Å². The molecule has 4 nitrogen and oxygen atoms in total. The molecule has 0 aliphatic carbocycles. The molecule has 0 saturated carbocycles. The first-order valence-corrected chi connectivity index (χ1v) is 4.23. The normalized spacial score (nSPS) is 10.1. The lowest BCUT2D eigenvalue weighted by atomic mass is 10.3. The predicted molar refractivity (Wildman–Crippen MR) is 44.1 cm³/mol. The summed E-state index contributed by atoms with van der Waals surface area (Å²) < 4.78 is 8.90. The maximum atomic E-state index is 10.1. The van der Waals surface area contributed by atoms with Crippen molar-refractivity contribution in [3.63, 3.8) is 0 Å². The van der Waals surface area contributed by atoms with Gasteiger partial charge in [0.05, 0.1) is 12.3 Å². The van der Waals surface area contributed by atoms with Gasteiger partial charge in [0.1, 0.15) is 6.61 Å². The molecular formula is C7H9NO3S. The van der Waals surface area contributed by atoms with Crippen molar-refractivity contribution in [2.24, 2.45) is 0 Å². The van der Waals surface area contributed by atoms with Crippen molar-refractivity contribution in [1.82, 2.24) is 4.37 Å². The Kier molecular flexibility index (Phi) is 3.19. The van der Waals surface area contributed by atoms with Gasteiger partial charge in [-0.2, -0.15) is 4.37 Å². The molecule has 0 spiro atoms. The van der Waals surface area contributed by atoms with Crippen molar-refractivity contribution in [2.75, 3.05) is 6.61 Å². The van der Waals surface area contributed by atoms with Crippen molar-refractivity contribution in [1.29, 1.82) is 0 Å². The maximum absolute atomic E-state index is 10.1. The summed E-state index contributed by atoms with van der Waals surface area (Å²) in [4.78, 5) is 10.1. The number of nitrogens with zero attached hydrogens (tertiary/aromatic N) is 1. The third kappa shape index (κ3) is 2.60. The standard InChI is InChI=1S/C7H9NO3S/c1-5-4-12-8-6(5)2-11-3-7(9)10/h4H,2-3H2,1H3,(H,9,10). The maximum Gasteiger partial charge on any atom is 0.329 e. The monoisotopic (exact) mass is 187 g/mol. The summed E-state index contributed by atoms with van der Waals surface area (Å²) in [6.07, 6.45) is 0. The van der Waals surface area contributed by atoms with E-state index < -0.39 is 5.97 Å². The number of hydrogen-bond donors (Lipinski definition) is 1. The lowest BCUT2D eigenvalue weighted by Gasteiger charge is -1.97. The molecule has 12 heavy (non-hydrogen) atoms. The lowest BCUT2D eigenvalue weighted by Crippen LogP contribution is -2.07. The van der Waals surface area contributed by atoms with Gasteiger partial charge in [-0.1, -0.05) is 0 Å². The number of aryl methyl sites for hydroxylation is 1. The molecule has 0 aromatic carbocycles. The van der Waals surface area contributed by atoms with Crippen LogP contribution < -0.4 is 0 Å². The molecule has 0 aliphatic heterocycles. The fourth-order valence-corrected chi connectivity index (χ4v) is 1.36. The first-order valence-electron chi connectivity index (χ1n) is 3.39. The van der Waals surface area contributed by atoms with Crippen LogP contribution in [0.3, 0.4) is 0 Å². The smallest absolute Gasteiger partial charge is 0.329 e. The Balaban J connectivity index is 2.33. The van der Waals surface area contributed by atoms with E-state index in [2.05, 4.69) is 4.37 Å². The van der Waals surface area contributed by atoms with Gasteiger partial charge in [0.25, 0.3) is 0 Å². The van der Waals surface area contributed by atoms with Crippen molar-refractivity contribution in [3.8, 4) is 0 Å². The predicted octanol–water partition coefficient (Wildman–Crippen LogP) is 1.05. The molecule has 1 aromatic rings. The highest BCUT2D eigenvalue weighted by Gasteiger charge is 2.02. The van der Waals surface area contributed by atoms with Crippen LogP contribution in [0.15, 0.2) is 5.38 Å². The van der Waals surface area contributed by atoms with Crippen LogP contribution in [0.2, 0.25) is 0 Å². The summed E-state index contributed by atoms with van der Waals surface area (Å²) in [6, 6.07) is 0. The molecule has 0 atom stereocenters. The molecule has 5 heteroatoms. The van der Waals surface area contributed by atoms with Crippen LogP contribution in [0.5, 0.6) is 0 Å². The fourth-order valence-electron chi connectivity index (χ4n) is 0.684. The topological polar surface area (TPSA) is 59.4 Å². The first kappa shape index (κ1) is 9.15. The Morgan fingerprint density at radius 3 is 3.08 bits per heavy atom. The minimum Gasteiger partial charge on any atom is -0.480 e. The van der Waals surface area contributed by atoms with E-state index in [-0.39, 0.29) is 13.2 Å². The van der Waals surface area contributed by atoms with Crippen LogP contribution in [0, 0.1) is 6.92 Å². The summed E-state index contributed by atoms with van der Waals surface area (Å²) in [5, 5.41) is 10.2. The number of hydrogen-bond acceptors (Lipinski definition) is 4. The molecule has 0 saturated heterocycles. The number of ether oxygens (including phenoxy) is 1. The second kappa shape index (κ2) is 4.18. The van der Waals surface area contributed by atoms with Crippen LogP contribution in [-0.4, -0.2) is 22.1 Å². The average molecular weight is 187 g/mol. The summed E-state index contributed by atoms with van der Waals surface area (Å²) >= 11 is 1.35. The Morgan fingerprint density at radius 2 is 2.58 bits per heavy atom. The SMILES string of the molecule is Cc1csnc1COCC(=O)O. The average Bonchev–Trinajstić information content (AvgIpc) is 2.36. The number of aromatic nitrogens is 1. The third-order valence-corrected chi connectivity index (χ3v) is 2.10. The van der Waals surface area contributed by atoms with Crippen molar-refractivity contribution < 1.29 is 14.6 Å². The summed E-state index contributed by atoms with van der Waals surface area (Å²) in [5.41, 5.74) is 1.87. The second-order valence-corrected chi connectivity index (χ2v) is 2.96. The van der Waals surface area contributed by atoms with Gasteiger partial charge in [-0.3, -0.25) is 0 Å². The van der Waals surface area contributed by atoms with E-state index in [0.717, 1.165) is 11.3 Å². The summed E-state index contributed by atoms with van der Waals surface area (Å²) in [5.74, 6) is -0.956. The van der Waals surface area contributed by atoms with E-state index >= 15 is 0 Å². The first-order chi connectivity index (χ1) is 5.70. The van der Waals surface area contributed by atoms with Crippen LogP contribution >= 0.6 is 11.5 Å². The van der Waals surface area contributed by atoms with E-state index in [1.54, 1.807) is 0 Å². The van der Waals surface area contributed by atoms with Crippen molar-refractivity contribution in [3.05, 3.63) is 16.6 Å². The van der Waals surface area contributed by atoms with Crippen LogP contribution in [-0.2, 0) is 16.1 Å². The molecule has 1 aromatic heterocycles. The Bertz CT molecular complexity index is 271. The molecule has 66 valence electrons. The molecule has 0 unspecified atom stereocenters. The summed E-state index contributed by atoms with van der Waals surface area (Å²) in [7, 11) is 0. The highest BCUT2D eigenvalue weighted by Crippen LogP contribution is 2.09. The van der Waals surface area contributed by atoms with Crippen LogP contribution in [0.1, 0.15) is 11.3 Å². The lowest BCUT2D eigenvalue weighted by molar-refractivity contribution is -0.142. The minimum absolute atomic E-state index is 0.267. The van der Waals surface area contributed by atoms with Gasteiger partial charge in [0.15, 0.2) is 0 Å². The number of carboxylic acids is 1. The van der Waals surface area contributed by atoms with Gasteiger partial charge in [0, 0.05) is 5.38 Å². The molecular weight excluding hydrogens is 178 g/mol. The second-order valence-electron chi connectivity index (χ2n) is 2.33. The van der Waals surface area contributed by atoms with Gasteiger partial charge < -0.3 is 9.84 Å². The van der Waals surface area contributed by atoms with Gasteiger partial charge in [0.2, 0.25) is 0 Å². The minimum atomic E-state index is -0.956. The zero-order valence-electron chi connectivity index (χ0n) is 6.61. The van der Waals surface area contributed by atoms with Crippen molar-refractivity contribution in [2.45, 2.75) is 13.5 Å². The van der Waals surface area contributed by atoms with Gasteiger partial charge in [-0.05, 0) is 24.0 Å². The van der Waals surface area contributed by atoms with E-state index in [9.17, 15) is 4.79 Å². The quantitative estimate of drug-likeness (QED) is 0.765. The third-order valence-electron chi connectivity index (χ3n) is 1.31. The Morgan fingerprint density at radius 1 is 1.83 bits per heavy atom. The zero-order chi connectivity index (χ0) is 8.97. The largest absolute Gasteiger partial charge is 0.480 e. The van der Waals surface area contributed by atoms with Crippen molar-refractivity contribution >= 4 is 17.5 Å². The van der Waals surface area contributed by atoms with Crippen LogP contribution in [0.4, 0.5) is 0 Å². The van der Waals surface area contributed by atoms with Gasteiger partial charge in [-0.25, -0.2) is 4.79 Å². The number of carboxylic acid groups (broad SMARTS) is 1. The molecule has 0 bridgehead atoms. The number of carbonyl (C=O) groups is 1. The number of rotatable bonds is 4. The van der Waals surface area contributed by atoms with Gasteiger partial charge in [-0.15, -0.1) is 0 Å². The highest BCUT2D eigenvalue weighted by molar-refractivity contribution is 7.03. The molecule has 0 fully saturated rings. The van der Waals surface area contributed by atoms with E-state index in [0.29, 0.717) is 0 Å². The molecule has 1 N–H and O–H groups in total. The molecule has 1 rings (SSSR count).